The van der Waals surface area contributed by atoms with Crippen molar-refractivity contribution >= 4 is 0 Å². The summed E-state index contributed by atoms with van der Waals surface area (Å²) in [6, 6.07) is 11.4. The van der Waals surface area contributed by atoms with Gasteiger partial charge in [0.15, 0.2) is 0 Å². The van der Waals surface area contributed by atoms with E-state index in [2.05, 4.69) is 35.6 Å². The summed E-state index contributed by atoms with van der Waals surface area (Å²) in [5.41, 5.74) is 6.96. The van der Waals surface area contributed by atoms with E-state index >= 15 is 0 Å². The Hall–Kier alpha value is -0.860. The molecule has 1 aliphatic rings. The van der Waals surface area contributed by atoms with E-state index in [1.54, 1.807) is 0 Å². The minimum atomic E-state index is 0.603. The van der Waals surface area contributed by atoms with Crippen LogP contribution in [-0.4, -0.2) is 12.7 Å². The van der Waals surface area contributed by atoms with Gasteiger partial charge >= 0.3 is 0 Å². The largest absolute Gasteiger partial charge is 0.318 e. The molecule has 1 saturated carbocycles. The van der Waals surface area contributed by atoms with E-state index in [9.17, 15) is 0 Å². The quantitative estimate of drug-likeness (QED) is 0.714. The van der Waals surface area contributed by atoms with Crippen molar-refractivity contribution in [2.24, 2.45) is 5.73 Å². The van der Waals surface area contributed by atoms with Crippen LogP contribution in [0.3, 0.4) is 0 Å². The predicted octanol–water partition coefficient (Wildman–Crippen LogP) is 1.83. The first kappa shape index (κ1) is 9.69. The fraction of sp³-hybridized carbons (Fsp3) is 0.500. The number of hydrogen-bond donors (Lipinski definition) is 2. The van der Waals surface area contributed by atoms with Gasteiger partial charge in [0.1, 0.15) is 0 Å². The van der Waals surface area contributed by atoms with Crippen molar-refractivity contribution in [2.45, 2.75) is 31.2 Å². The zero-order valence-corrected chi connectivity index (χ0v) is 8.45. The van der Waals surface area contributed by atoms with Crippen molar-refractivity contribution in [1.29, 1.82) is 0 Å². The number of benzene rings is 1. The van der Waals surface area contributed by atoms with E-state index in [-0.39, 0.29) is 0 Å². The summed E-state index contributed by atoms with van der Waals surface area (Å²) in [6.07, 6.45) is 3.79. The molecule has 2 atom stereocenters. The maximum absolute atomic E-state index is 5.48. The third kappa shape index (κ3) is 2.14. The van der Waals surface area contributed by atoms with Crippen LogP contribution in [0.25, 0.3) is 0 Å². The van der Waals surface area contributed by atoms with E-state index in [0.717, 1.165) is 5.92 Å². The van der Waals surface area contributed by atoms with Crippen LogP contribution in [0.5, 0.6) is 0 Å². The van der Waals surface area contributed by atoms with Crippen LogP contribution in [0.1, 0.15) is 30.7 Å². The fourth-order valence-corrected chi connectivity index (χ4v) is 2.36. The third-order valence-electron chi connectivity index (χ3n) is 3.11. The summed E-state index contributed by atoms with van der Waals surface area (Å²) in [4.78, 5) is 0. The number of nitrogens with two attached hydrogens (primary N) is 1. The molecule has 1 aromatic rings. The molecule has 1 aliphatic carbocycles. The topological polar surface area (TPSA) is 38.0 Å². The van der Waals surface area contributed by atoms with Gasteiger partial charge < -0.3 is 11.1 Å². The second-order valence-corrected chi connectivity index (χ2v) is 4.03. The molecule has 0 aromatic heterocycles. The number of nitrogens with one attached hydrogen (secondary N) is 1. The van der Waals surface area contributed by atoms with Crippen LogP contribution in [0, 0.1) is 0 Å². The first-order valence-corrected chi connectivity index (χ1v) is 5.38. The van der Waals surface area contributed by atoms with E-state index in [4.69, 9.17) is 5.73 Å². The molecule has 14 heavy (non-hydrogen) atoms. The minimum Gasteiger partial charge on any atom is -0.318 e. The highest BCUT2D eigenvalue weighted by Crippen LogP contribution is 2.33. The maximum Gasteiger partial charge on any atom is 0.0430 e. The minimum absolute atomic E-state index is 0.603. The Balaban J connectivity index is 1.96. The Morgan fingerprint density at radius 1 is 1.21 bits per heavy atom. The molecule has 0 saturated heterocycles. The van der Waals surface area contributed by atoms with E-state index < -0.39 is 0 Å². The standard InChI is InChI=1S/C12H18N2/c13-9-14-12-7-6-11(8-12)10-4-2-1-3-5-10/h1-5,11-12,14H,6-9,13H2/t11?,12-/m1/s1. The molecule has 2 nitrogen and oxygen atoms in total. The Morgan fingerprint density at radius 2 is 2.00 bits per heavy atom. The highest BCUT2D eigenvalue weighted by Gasteiger charge is 2.24. The van der Waals surface area contributed by atoms with Gasteiger partial charge in [-0.25, -0.2) is 0 Å². The molecule has 0 spiro atoms. The molecule has 2 heteroatoms. The zero-order valence-electron chi connectivity index (χ0n) is 8.45. The lowest BCUT2D eigenvalue weighted by Gasteiger charge is -2.11. The van der Waals surface area contributed by atoms with Crippen molar-refractivity contribution < 1.29 is 0 Å². The summed E-state index contributed by atoms with van der Waals surface area (Å²) >= 11 is 0. The van der Waals surface area contributed by atoms with Crippen molar-refractivity contribution in [3.8, 4) is 0 Å². The molecule has 0 heterocycles. The number of rotatable bonds is 3. The van der Waals surface area contributed by atoms with Crippen LogP contribution < -0.4 is 11.1 Å². The molecule has 0 radical (unpaired) electrons. The summed E-state index contributed by atoms with van der Waals surface area (Å²) in [7, 11) is 0. The summed E-state index contributed by atoms with van der Waals surface area (Å²) in [5.74, 6) is 0.736. The van der Waals surface area contributed by atoms with Gasteiger partial charge in [0.2, 0.25) is 0 Å². The van der Waals surface area contributed by atoms with Gasteiger partial charge in [-0.05, 0) is 30.7 Å². The first-order valence-electron chi connectivity index (χ1n) is 5.38. The third-order valence-corrected chi connectivity index (χ3v) is 3.11. The lowest BCUT2D eigenvalue weighted by molar-refractivity contribution is 0.528. The molecule has 3 N–H and O–H groups in total. The smallest absolute Gasteiger partial charge is 0.0430 e. The molecule has 1 aromatic carbocycles. The van der Waals surface area contributed by atoms with Crippen molar-refractivity contribution in [2.75, 3.05) is 6.67 Å². The van der Waals surface area contributed by atoms with Crippen LogP contribution >= 0.6 is 0 Å². The Labute approximate surface area is 85.5 Å². The zero-order chi connectivity index (χ0) is 9.80. The summed E-state index contributed by atoms with van der Waals surface area (Å²) < 4.78 is 0. The van der Waals surface area contributed by atoms with E-state index in [0.29, 0.717) is 12.7 Å². The molecule has 1 fully saturated rings. The molecule has 76 valence electrons. The van der Waals surface area contributed by atoms with Gasteiger partial charge in [0.25, 0.3) is 0 Å². The molecule has 0 aliphatic heterocycles. The monoisotopic (exact) mass is 190 g/mol. The average Bonchev–Trinajstić information content (AvgIpc) is 2.68. The van der Waals surface area contributed by atoms with Crippen LogP contribution in [0.15, 0.2) is 30.3 Å². The van der Waals surface area contributed by atoms with Gasteiger partial charge in [-0.2, -0.15) is 0 Å². The lowest BCUT2D eigenvalue weighted by Crippen LogP contribution is -2.31. The van der Waals surface area contributed by atoms with Crippen LogP contribution in [0.4, 0.5) is 0 Å². The lowest BCUT2D eigenvalue weighted by atomic mass is 9.98. The predicted molar refractivity (Wildman–Crippen MR) is 59.0 cm³/mol. The second-order valence-electron chi connectivity index (χ2n) is 4.03. The molecular formula is C12H18N2. The van der Waals surface area contributed by atoms with Gasteiger partial charge in [-0.15, -0.1) is 0 Å². The first-order chi connectivity index (χ1) is 6.90. The molecule has 1 unspecified atom stereocenters. The summed E-state index contributed by atoms with van der Waals surface area (Å²) in [6.45, 7) is 0.603. The highest BCUT2D eigenvalue weighted by molar-refractivity contribution is 5.20. The van der Waals surface area contributed by atoms with Crippen molar-refractivity contribution in [3.05, 3.63) is 35.9 Å². The van der Waals surface area contributed by atoms with Gasteiger partial charge in [0, 0.05) is 12.7 Å². The SMILES string of the molecule is NCN[C@@H]1CCC(c2ccccc2)C1. The maximum atomic E-state index is 5.48. The van der Waals surface area contributed by atoms with Crippen molar-refractivity contribution in [3.63, 3.8) is 0 Å². The van der Waals surface area contributed by atoms with Gasteiger partial charge in [-0.1, -0.05) is 30.3 Å². The molecule has 0 amide bonds. The highest BCUT2D eigenvalue weighted by atomic mass is 15.0. The summed E-state index contributed by atoms with van der Waals surface area (Å²) in [5, 5.41) is 3.32. The molecule has 0 bridgehead atoms. The molecule has 2 rings (SSSR count). The number of hydrogen-bond acceptors (Lipinski definition) is 2. The Bertz CT molecular complexity index is 271. The average molecular weight is 190 g/mol. The fourth-order valence-electron chi connectivity index (χ4n) is 2.36. The second kappa shape index (κ2) is 4.58. The van der Waals surface area contributed by atoms with E-state index in [1.165, 1.54) is 24.8 Å². The normalized spacial score (nSPS) is 26.6. The van der Waals surface area contributed by atoms with Gasteiger partial charge in [-0.3, -0.25) is 0 Å². The molecular weight excluding hydrogens is 172 g/mol. The van der Waals surface area contributed by atoms with E-state index in [1.807, 2.05) is 0 Å². The Morgan fingerprint density at radius 3 is 2.71 bits per heavy atom. The van der Waals surface area contributed by atoms with Crippen LogP contribution in [-0.2, 0) is 0 Å². The van der Waals surface area contributed by atoms with Gasteiger partial charge in [0.05, 0.1) is 0 Å². The van der Waals surface area contributed by atoms with Crippen molar-refractivity contribution in [1.82, 2.24) is 5.32 Å². The Kier molecular flexibility index (Phi) is 3.17. The van der Waals surface area contributed by atoms with Crippen LogP contribution in [0.2, 0.25) is 0 Å².